The van der Waals surface area contributed by atoms with Crippen molar-refractivity contribution < 1.29 is 17.8 Å². The molecule has 0 atom stereocenters. The van der Waals surface area contributed by atoms with Gasteiger partial charge in [-0.05, 0) is 24.3 Å². The number of halogens is 1. The Labute approximate surface area is 204 Å². The molecule has 3 heterocycles. The predicted octanol–water partition coefficient (Wildman–Crippen LogP) is 4.04. The minimum absolute atomic E-state index is 0.338. The zero-order valence-corrected chi connectivity index (χ0v) is 20.6. The standard InChI is InChI=1S/C18H17ClN6OS2.CH4O3S/c19-11-1-3-12(4-2-11)24-17(26)25-18-21-9-13(28-18)5-7-20-16-15-14(6-8-27-15)22-10-23-16;1-5(2,3)4/h1-4,9-10H,5-8H2,(H,20,22,23)(H2,21,24,25,26);1H3,(H,2,3,4). The number of thiazole rings is 1. The van der Waals surface area contributed by atoms with E-state index in [1.807, 2.05) is 0 Å². The molecule has 2 amide bonds. The lowest BCUT2D eigenvalue weighted by molar-refractivity contribution is 0.262. The van der Waals surface area contributed by atoms with E-state index in [0.717, 1.165) is 46.4 Å². The van der Waals surface area contributed by atoms with Gasteiger partial charge in [-0.15, -0.1) is 23.1 Å². The van der Waals surface area contributed by atoms with Crippen LogP contribution in [0.2, 0.25) is 5.02 Å². The Kier molecular flexibility index (Phi) is 8.86. The zero-order valence-electron chi connectivity index (χ0n) is 17.4. The molecule has 14 heteroatoms. The first-order valence-corrected chi connectivity index (χ1v) is 13.6. The molecule has 10 nitrogen and oxygen atoms in total. The fourth-order valence-corrected chi connectivity index (χ4v) is 4.71. The number of aromatic nitrogens is 3. The number of carbonyl (C=O) groups is 1. The van der Waals surface area contributed by atoms with E-state index in [1.54, 1.807) is 48.6 Å². The minimum Gasteiger partial charge on any atom is -0.369 e. The summed E-state index contributed by atoms with van der Waals surface area (Å²) in [5.74, 6) is 1.96. The summed E-state index contributed by atoms with van der Waals surface area (Å²) in [6.07, 6.45) is 5.90. The van der Waals surface area contributed by atoms with E-state index >= 15 is 0 Å². The number of fused-ring (bicyclic) bond motifs is 1. The molecule has 0 unspecified atom stereocenters. The van der Waals surface area contributed by atoms with Crippen LogP contribution in [0.25, 0.3) is 0 Å². The molecule has 4 rings (SSSR count). The van der Waals surface area contributed by atoms with Crippen molar-refractivity contribution in [2.75, 3.05) is 34.5 Å². The van der Waals surface area contributed by atoms with Crippen LogP contribution < -0.4 is 16.0 Å². The van der Waals surface area contributed by atoms with Crippen LogP contribution in [0.15, 0.2) is 41.7 Å². The van der Waals surface area contributed by atoms with E-state index in [2.05, 4.69) is 30.9 Å². The van der Waals surface area contributed by atoms with Crippen molar-refractivity contribution in [1.82, 2.24) is 15.0 Å². The van der Waals surface area contributed by atoms with Crippen molar-refractivity contribution >= 4 is 67.5 Å². The van der Waals surface area contributed by atoms with Crippen LogP contribution in [0.5, 0.6) is 0 Å². The van der Waals surface area contributed by atoms with Gasteiger partial charge in [-0.25, -0.2) is 19.7 Å². The van der Waals surface area contributed by atoms with Gasteiger partial charge >= 0.3 is 6.03 Å². The lowest BCUT2D eigenvalue weighted by Gasteiger charge is -2.08. The van der Waals surface area contributed by atoms with Crippen LogP contribution in [-0.2, 0) is 23.0 Å². The summed E-state index contributed by atoms with van der Waals surface area (Å²) in [4.78, 5) is 27.2. The van der Waals surface area contributed by atoms with Crippen LogP contribution in [0.1, 0.15) is 10.6 Å². The third-order valence-electron chi connectivity index (χ3n) is 4.00. The molecule has 0 saturated carbocycles. The third kappa shape index (κ3) is 8.78. The highest BCUT2D eigenvalue weighted by molar-refractivity contribution is 7.99. The largest absolute Gasteiger partial charge is 0.369 e. The molecule has 1 aliphatic heterocycles. The molecule has 0 spiro atoms. The fourth-order valence-electron chi connectivity index (χ4n) is 2.69. The number of benzene rings is 1. The maximum absolute atomic E-state index is 12.1. The van der Waals surface area contributed by atoms with Crippen molar-refractivity contribution in [2.24, 2.45) is 0 Å². The lowest BCUT2D eigenvalue weighted by Crippen LogP contribution is -2.19. The van der Waals surface area contributed by atoms with Gasteiger partial charge in [0.25, 0.3) is 10.1 Å². The molecule has 1 aliphatic rings. The number of rotatable bonds is 6. The third-order valence-corrected chi connectivity index (χ3v) is 6.35. The van der Waals surface area contributed by atoms with Crippen molar-refractivity contribution in [2.45, 2.75) is 17.7 Å². The molecule has 33 heavy (non-hydrogen) atoms. The normalized spacial score (nSPS) is 12.3. The Morgan fingerprint density at radius 3 is 2.64 bits per heavy atom. The van der Waals surface area contributed by atoms with Gasteiger partial charge < -0.3 is 10.6 Å². The first-order valence-electron chi connectivity index (χ1n) is 9.58. The van der Waals surface area contributed by atoms with Gasteiger partial charge in [-0.1, -0.05) is 11.6 Å². The molecule has 0 saturated heterocycles. The highest BCUT2D eigenvalue weighted by atomic mass is 35.5. The molecule has 3 aromatic rings. The van der Waals surface area contributed by atoms with Crippen molar-refractivity contribution in [3.05, 3.63) is 52.4 Å². The van der Waals surface area contributed by atoms with Gasteiger partial charge in [-0.3, -0.25) is 9.87 Å². The Morgan fingerprint density at radius 2 is 1.91 bits per heavy atom. The summed E-state index contributed by atoms with van der Waals surface area (Å²) < 4.78 is 25.9. The minimum atomic E-state index is -3.67. The summed E-state index contributed by atoms with van der Waals surface area (Å²) in [6.45, 7) is 0.739. The highest BCUT2D eigenvalue weighted by Gasteiger charge is 2.17. The molecule has 1 aromatic carbocycles. The van der Waals surface area contributed by atoms with E-state index in [4.69, 9.17) is 16.2 Å². The monoisotopic (exact) mass is 528 g/mol. The van der Waals surface area contributed by atoms with Gasteiger partial charge in [-0.2, -0.15) is 8.42 Å². The molecule has 2 aromatic heterocycles. The average molecular weight is 529 g/mol. The van der Waals surface area contributed by atoms with Crippen LogP contribution >= 0.6 is 34.7 Å². The zero-order chi connectivity index (χ0) is 23.8. The predicted molar refractivity (Wildman–Crippen MR) is 132 cm³/mol. The van der Waals surface area contributed by atoms with Gasteiger partial charge in [0.2, 0.25) is 0 Å². The number of amides is 2. The molecular formula is C19H21ClN6O4S3. The number of carbonyl (C=O) groups excluding carboxylic acids is 1. The van der Waals surface area contributed by atoms with Gasteiger partial charge in [0.05, 0.1) is 16.8 Å². The molecule has 0 radical (unpaired) electrons. The lowest BCUT2D eigenvalue weighted by atomic mass is 10.3. The first-order chi connectivity index (χ1) is 15.7. The summed E-state index contributed by atoms with van der Waals surface area (Å²) in [7, 11) is -3.67. The Morgan fingerprint density at radius 1 is 1.18 bits per heavy atom. The molecule has 0 bridgehead atoms. The number of hydrogen-bond acceptors (Lipinski definition) is 9. The quantitative estimate of drug-likeness (QED) is 0.348. The highest BCUT2D eigenvalue weighted by Crippen LogP contribution is 2.34. The first kappa shape index (κ1) is 25.2. The number of anilines is 3. The van der Waals surface area contributed by atoms with E-state index in [0.29, 0.717) is 22.1 Å². The van der Waals surface area contributed by atoms with Gasteiger partial charge in [0, 0.05) is 46.9 Å². The number of urea groups is 1. The summed E-state index contributed by atoms with van der Waals surface area (Å²) in [5, 5.41) is 10.0. The van der Waals surface area contributed by atoms with Crippen molar-refractivity contribution in [3.8, 4) is 0 Å². The van der Waals surface area contributed by atoms with Crippen LogP contribution in [0, 0.1) is 0 Å². The smallest absolute Gasteiger partial charge is 0.325 e. The molecule has 0 aliphatic carbocycles. The average Bonchev–Trinajstić information content (AvgIpc) is 3.38. The summed E-state index contributed by atoms with van der Waals surface area (Å²) >= 11 is 9.09. The topological polar surface area (TPSA) is 146 Å². The second-order valence-electron chi connectivity index (χ2n) is 6.72. The second-order valence-corrected chi connectivity index (χ2v) is 10.8. The van der Waals surface area contributed by atoms with Gasteiger partial charge in [0.15, 0.2) is 5.13 Å². The Bertz CT molecular complexity index is 1200. The molecular weight excluding hydrogens is 508 g/mol. The fraction of sp³-hybridized carbons (Fsp3) is 0.263. The van der Waals surface area contributed by atoms with Crippen LogP contribution in [0.3, 0.4) is 0 Å². The second kappa shape index (κ2) is 11.6. The number of nitrogens with one attached hydrogen (secondary N) is 3. The SMILES string of the molecule is CS(=O)(=O)O.O=C(Nc1ccc(Cl)cc1)Nc1ncc(CCNc2ncnc3c2SCC3)s1. The van der Waals surface area contributed by atoms with E-state index in [-0.39, 0.29) is 6.03 Å². The maximum atomic E-state index is 12.1. The van der Waals surface area contributed by atoms with E-state index in [9.17, 15) is 13.2 Å². The molecule has 176 valence electrons. The number of thioether (sulfide) groups is 1. The molecule has 0 fully saturated rings. The van der Waals surface area contributed by atoms with Crippen LogP contribution in [0.4, 0.5) is 21.4 Å². The van der Waals surface area contributed by atoms with Gasteiger partial charge in [0.1, 0.15) is 12.1 Å². The summed E-state index contributed by atoms with van der Waals surface area (Å²) in [6, 6.07) is 6.58. The number of hydrogen-bond donors (Lipinski definition) is 4. The van der Waals surface area contributed by atoms with Crippen molar-refractivity contribution in [1.29, 1.82) is 0 Å². The van der Waals surface area contributed by atoms with E-state index < -0.39 is 10.1 Å². The summed E-state index contributed by atoms with van der Waals surface area (Å²) in [5.41, 5.74) is 1.79. The van der Waals surface area contributed by atoms with Crippen molar-refractivity contribution in [3.63, 3.8) is 0 Å². The van der Waals surface area contributed by atoms with Crippen LogP contribution in [-0.4, -0.2) is 52.5 Å². The maximum Gasteiger partial charge on any atom is 0.325 e. The van der Waals surface area contributed by atoms with E-state index in [1.165, 1.54) is 11.3 Å². The Balaban J connectivity index is 0.000000555. The molecule has 4 N–H and O–H groups in total. The Hall–Kier alpha value is -2.45. The number of aryl methyl sites for hydroxylation is 1. The number of nitrogens with zero attached hydrogens (tertiary/aromatic N) is 3.